The van der Waals surface area contributed by atoms with Crippen LogP contribution in [0.25, 0.3) is 0 Å². The second kappa shape index (κ2) is 8.02. The van der Waals surface area contributed by atoms with Gasteiger partial charge in [0.05, 0.1) is 17.7 Å². The van der Waals surface area contributed by atoms with E-state index in [-0.39, 0.29) is 5.91 Å². The minimum Gasteiger partial charge on any atom is -0.497 e. The van der Waals surface area contributed by atoms with Crippen LogP contribution in [0.5, 0.6) is 5.75 Å². The predicted octanol–water partition coefficient (Wildman–Crippen LogP) is 2.42. The topological polar surface area (TPSA) is 41.6 Å². The van der Waals surface area contributed by atoms with Gasteiger partial charge < -0.3 is 15.0 Å². The van der Waals surface area contributed by atoms with Crippen molar-refractivity contribution < 1.29 is 9.53 Å². The quantitative estimate of drug-likeness (QED) is 0.836. The summed E-state index contributed by atoms with van der Waals surface area (Å²) in [6, 6.07) is 5.05. The normalized spacial score (nSPS) is 10.6. The number of amides is 1. The number of rotatable bonds is 7. The van der Waals surface area contributed by atoms with Crippen LogP contribution >= 0.6 is 11.6 Å². The van der Waals surface area contributed by atoms with Crippen molar-refractivity contribution in [3.05, 3.63) is 28.8 Å². The number of benzene rings is 1. The molecule has 1 aromatic carbocycles. The third kappa shape index (κ3) is 4.73. The van der Waals surface area contributed by atoms with Crippen molar-refractivity contribution in [3.8, 4) is 5.75 Å². The van der Waals surface area contributed by atoms with Crippen LogP contribution in [0.2, 0.25) is 5.02 Å². The van der Waals surface area contributed by atoms with E-state index in [1.54, 1.807) is 25.3 Å². The fourth-order valence-corrected chi connectivity index (χ4v) is 1.97. The fraction of sp³-hybridized carbons (Fsp3) is 0.500. The van der Waals surface area contributed by atoms with Crippen LogP contribution in [0.15, 0.2) is 18.2 Å². The molecule has 0 aliphatic rings. The maximum atomic E-state index is 12.0. The van der Waals surface area contributed by atoms with Crippen LogP contribution in [0, 0.1) is 0 Å². The Morgan fingerprint density at radius 2 is 2.05 bits per heavy atom. The molecule has 0 atom stereocenters. The number of hydrogen-bond acceptors (Lipinski definition) is 3. The number of nitrogens with zero attached hydrogens (tertiary/aromatic N) is 1. The third-order valence-electron chi connectivity index (χ3n) is 3.03. The maximum absolute atomic E-state index is 12.0. The molecule has 1 aromatic rings. The monoisotopic (exact) mass is 284 g/mol. The first-order valence-electron chi connectivity index (χ1n) is 6.46. The number of halogens is 1. The average Bonchev–Trinajstić information content (AvgIpc) is 2.44. The molecule has 0 saturated carbocycles. The van der Waals surface area contributed by atoms with Gasteiger partial charge in [0, 0.05) is 13.1 Å². The average molecular weight is 285 g/mol. The summed E-state index contributed by atoms with van der Waals surface area (Å²) in [5.74, 6) is 0.453. The molecule has 0 heterocycles. The summed E-state index contributed by atoms with van der Waals surface area (Å²) in [5, 5.41) is 3.30. The van der Waals surface area contributed by atoms with Crippen LogP contribution in [0.4, 0.5) is 0 Å². The molecule has 1 rings (SSSR count). The van der Waals surface area contributed by atoms with Crippen molar-refractivity contribution in [2.45, 2.75) is 13.8 Å². The van der Waals surface area contributed by atoms with E-state index < -0.39 is 0 Å². The number of nitrogens with one attached hydrogen (secondary N) is 1. The minimum absolute atomic E-state index is 0.170. The van der Waals surface area contributed by atoms with Gasteiger partial charge in [-0.1, -0.05) is 25.4 Å². The first-order valence-corrected chi connectivity index (χ1v) is 6.84. The molecule has 1 amide bonds. The van der Waals surface area contributed by atoms with Gasteiger partial charge in [-0.2, -0.15) is 0 Å². The first kappa shape index (κ1) is 15.8. The lowest BCUT2D eigenvalue weighted by molar-refractivity contribution is 0.0948. The molecule has 0 aliphatic heterocycles. The Labute approximate surface area is 119 Å². The number of carbonyl (C=O) groups excluding carboxylic acids is 1. The highest BCUT2D eigenvalue weighted by Crippen LogP contribution is 2.21. The molecule has 19 heavy (non-hydrogen) atoms. The maximum Gasteiger partial charge on any atom is 0.252 e. The number of likely N-dealkylation sites (N-methyl/N-ethyl adjacent to an activating group) is 1. The summed E-state index contributed by atoms with van der Waals surface area (Å²) >= 11 is 6.02. The Morgan fingerprint density at radius 1 is 1.37 bits per heavy atom. The van der Waals surface area contributed by atoms with Gasteiger partial charge in [0.15, 0.2) is 0 Å². The van der Waals surface area contributed by atoms with E-state index in [1.807, 2.05) is 0 Å². The summed E-state index contributed by atoms with van der Waals surface area (Å²) in [6.45, 7) is 7.60. The predicted molar refractivity (Wildman–Crippen MR) is 78.1 cm³/mol. The van der Waals surface area contributed by atoms with Gasteiger partial charge >= 0.3 is 0 Å². The highest BCUT2D eigenvalue weighted by atomic mass is 35.5. The molecule has 4 nitrogen and oxygen atoms in total. The molecule has 0 unspecified atom stereocenters. The molecule has 0 aromatic heterocycles. The Bertz CT molecular complexity index is 420. The lowest BCUT2D eigenvalue weighted by Crippen LogP contribution is -2.34. The summed E-state index contributed by atoms with van der Waals surface area (Å²) in [6.07, 6.45) is 0. The van der Waals surface area contributed by atoms with Gasteiger partial charge in [-0.3, -0.25) is 4.79 Å². The zero-order chi connectivity index (χ0) is 14.3. The smallest absolute Gasteiger partial charge is 0.252 e. The van der Waals surface area contributed by atoms with E-state index in [0.717, 1.165) is 19.6 Å². The van der Waals surface area contributed by atoms with E-state index in [9.17, 15) is 4.79 Å². The van der Waals surface area contributed by atoms with Crippen LogP contribution < -0.4 is 10.1 Å². The zero-order valence-electron chi connectivity index (χ0n) is 11.7. The molecule has 0 spiro atoms. The molecule has 0 bridgehead atoms. The van der Waals surface area contributed by atoms with Crippen molar-refractivity contribution in [3.63, 3.8) is 0 Å². The minimum atomic E-state index is -0.170. The number of carbonyl (C=O) groups is 1. The summed E-state index contributed by atoms with van der Waals surface area (Å²) < 4.78 is 5.09. The molecule has 1 N–H and O–H groups in total. The highest BCUT2D eigenvalue weighted by Gasteiger charge is 2.11. The van der Waals surface area contributed by atoms with Crippen LogP contribution in [0.1, 0.15) is 24.2 Å². The Kier molecular flexibility index (Phi) is 6.67. The van der Waals surface area contributed by atoms with Gasteiger partial charge in [0.1, 0.15) is 5.75 Å². The standard InChI is InChI=1S/C14H21ClN2O2/c1-4-17(5-2)9-8-16-14(18)12-10-11(19-3)6-7-13(12)15/h6-7,10H,4-5,8-9H2,1-3H3,(H,16,18). The van der Waals surface area contributed by atoms with Crippen LogP contribution in [-0.4, -0.2) is 44.1 Å². The molecule has 0 radical (unpaired) electrons. The lowest BCUT2D eigenvalue weighted by atomic mass is 10.2. The Hall–Kier alpha value is -1.26. The van der Waals surface area contributed by atoms with Crippen LogP contribution in [-0.2, 0) is 0 Å². The van der Waals surface area contributed by atoms with Crippen molar-refractivity contribution in [1.82, 2.24) is 10.2 Å². The van der Waals surface area contributed by atoms with E-state index in [1.165, 1.54) is 0 Å². The largest absolute Gasteiger partial charge is 0.497 e. The fourth-order valence-electron chi connectivity index (χ4n) is 1.77. The molecule has 106 valence electrons. The van der Waals surface area contributed by atoms with Crippen molar-refractivity contribution in [2.75, 3.05) is 33.3 Å². The molecule has 5 heteroatoms. The van der Waals surface area contributed by atoms with E-state index in [2.05, 4.69) is 24.1 Å². The Morgan fingerprint density at radius 3 is 2.63 bits per heavy atom. The second-order valence-corrected chi connectivity index (χ2v) is 4.54. The van der Waals surface area contributed by atoms with Gasteiger partial charge in [-0.25, -0.2) is 0 Å². The van der Waals surface area contributed by atoms with Gasteiger partial charge in [-0.05, 0) is 31.3 Å². The van der Waals surface area contributed by atoms with Crippen molar-refractivity contribution in [1.29, 1.82) is 0 Å². The van der Waals surface area contributed by atoms with E-state index >= 15 is 0 Å². The van der Waals surface area contributed by atoms with E-state index in [4.69, 9.17) is 16.3 Å². The second-order valence-electron chi connectivity index (χ2n) is 4.13. The van der Waals surface area contributed by atoms with E-state index in [0.29, 0.717) is 22.9 Å². The van der Waals surface area contributed by atoms with Crippen molar-refractivity contribution in [2.24, 2.45) is 0 Å². The first-order chi connectivity index (χ1) is 9.12. The van der Waals surface area contributed by atoms with Crippen LogP contribution in [0.3, 0.4) is 0 Å². The van der Waals surface area contributed by atoms with Gasteiger partial charge in [-0.15, -0.1) is 0 Å². The number of ether oxygens (including phenoxy) is 1. The molecule has 0 aliphatic carbocycles. The SMILES string of the molecule is CCN(CC)CCNC(=O)c1cc(OC)ccc1Cl. The molecular weight excluding hydrogens is 264 g/mol. The van der Waals surface area contributed by atoms with Gasteiger partial charge in [0.2, 0.25) is 0 Å². The Balaban J connectivity index is 2.58. The summed E-state index contributed by atoms with van der Waals surface area (Å²) in [5.41, 5.74) is 0.445. The highest BCUT2D eigenvalue weighted by molar-refractivity contribution is 6.33. The lowest BCUT2D eigenvalue weighted by Gasteiger charge is -2.18. The van der Waals surface area contributed by atoms with Crippen molar-refractivity contribution >= 4 is 17.5 Å². The van der Waals surface area contributed by atoms with Gasteiger partial charge in [0.25, 0.3) is 5.91 Å². The molecule has 0 fully saturated rings. The number of methoxy groups -OCH3 is 1. The summed E-state index contributed by atoms with van der Waals surface area (Å²) in [7, 11) is 1.56. The molecular formula is C14H21ClN2O2. The summed E-state index contributed by atoms with van der Waals surface area (Å²) in [4.78, 5) is 14.3. The third-order valence-corrected chi connectivity index (χ3v) is 3.36. The number of hydrogen-bond donors (Lipinski definition) is 1. The molecule has 0 saturated heterocycles. The zero-order valence-corrected chi connectivity index (χ0v) is 12.5.